The fraction of sp³-hybridized carbons (Fsp3) is 1.00. The molecule has 0 N–H and O–H groups in total. The maximum Gasteiger partial charge on any atom is -0.0176 e. The summed E-state index contributed by atoms with van der Waals surface area (Å²) in [5, 5.41) is 0. The van der Waals surface area contributed by atoms with Crippen LogP contribution in [0.15, 0.2) is 0 Å². The smallest absolute Gasteiger partial charge is 0.0176 e. The van der Waals surface area contributed by atoms with Crippen LogP contribution in [0.1, 0.15) is 13.8 Å². The summed E-state index contributed by atoms with van der Waals surface area (Å²) >= 11 is 0. The van der Waals surface area contributed by atoms with E-state index in [0.29, 0.717) is 0 Å². The summed E-state index contributed by atoms with van der Waals surface area (Å²) < 4.78 is 0. The van der Waals surface area contributed by atoms with Crippen molar-refractivity contribution < 1.29 is 0 Å². The molecule has 0 bridgehead atoms. The first kappa shape index (κ1) is 7.86. The van der Waals surface area contributed by atoms with Crippen molar-refractivity contribution in [2.75, 3.05) is 18.2 Å². The molecule has 0 fully saturated rings. The first-order chi connectivity index (χ1) is 3.41. The summed E-state index contributed by atoms with van der Waals surface area (Å²) in [4.78, 5) is 0. The van der Waals surface area contributed by atoms with Crippen molar-refractivity contribution >= 4 is 17.2 Å². The van der Waals surface area contributed by atoms with Crippen molar-refractivity contribution in [3.63, 3.8) is 0 Å². The third-order valence-electron chi connectivity index (χ3n) is 0.750. The normalized spacial score (nSPS) is 12.9. The molecule has 44 valence electrons. The lowest BCUT2D eigenvalue weighted by atomic mass is 11.0. The molecule has 0 heterocycles. The Morgan fingerprint density at radius 3 is 1.71 bits per heavy atom. The average molecular weight is 136 g/mol. The zero-order valence-corrected chi connectivity index (χ0v) is 7.12. The Labute approximate surface area is 50.0 Å². The Hall–Kier alpha value is 0.860. The number of hydrogen-bond acceptors (Lipinski definition) is 0. The monoisotopic (exact) mass is 136 g/mol. The van der Waals surface area contributed by atoms with Gasteiger partial charge in [0.15, 0.2) is 0 Å². The van der Waals surface area contributed by atoms with Crippen LogP contribution >= 0.6 is 17.2 Å². The molecule has 0 amide bonds. The van der Waals surface area contributed by atoms with Crippen LogP contribution in [0.4, 0.5) is 0 Å². The first-order valence-electron chi connectivity index (χ1n) is 2.83. The van der Waals surface area contributed by atoms with Crippen LogP contribution < -0.4 is 0 Å². The quantitative estimate of drug-likeness (QED) is 0.411. The first-order valence-corrected chi connectivity index (χ1v) is 5.66. The molecule has 0 aliphatic carbocycles. The lowest BCUT2D eigenvalue weighted by molar-refractivity contribution is 1.50. The predicted octanol–water partition coefficient (Wildman–Crippen LogP) is 2.34. The molecule has 0 aromatic carbocycles. The van der Waals surface area contributed by atoms with Crippen molar-refractivity contribution in [1.29, 1.82) is 0 Å². The van der Waals surface area contributed by atoms with E-state index in [1.54, 1.807) is 0 Å². The van der Waals surface area contributed by atoms with Gasteiger partial charge in [-0.2, -0.15) is 0 Å². The van der Waals surface area contributed by atoms with Crippen molar-refractivity contribution in [2.45, 2.75) is 13.8 Å². The maximum atomic E-state index is 2.26. The highest BCUT2D eigenvalue weighted by Gasteiger charge is 1.78. The molecule has 7 heavy (non-hydrogen) atoms. The summed E-state index contributed by atoms with van der Waals surface area (Å²) in [6.45, 7) is 4.52. The second kappa shape index (κ2) is 6.86. The molecule has 0 aromatic rings. The van der Waals surface area contributed by atoms with Gasteiger partial charge in [0.25, 0.3) is 0 Å². The van der Waals surface area contributed by atoms with Crippen LogP contribution in [0, 0.1) is 0 Å². The molecule has 0 spiro atoms. The van der Waals surface area contributed by atoms with Gasteiger partial charge in [-0.25, -0.2) is 0 Å². The van der Waals surface area contributed by atoms with Crippen LogP contribution in [-0.4, -0.2) is 18.2 Å². The van der Waals surface area contributed by atoms with Crippen molar-refractivity contribution in [3.05, 3.63) is 0 Å². The van der Waals surface area contributed by atoms with Crippen LogP contribution in [0.25, 0.3) is 0 Å². The molecule has 0 rings (SSSR count). The van der Waals surface area contributed by atoms with Gasteiger partial charge in [0.05, 0.1) is 0 Å². The van der Waals surface area contributed by atoms with Gasteiger partial charge in [-0.3, -0.25) is 0 Å². The topological polar surface area (TPSA) is 0 Å². The molecule has 2 atom stereocenters. The molecule has 2 unspecified atom stereocenters. The molecule has 0 aliphatic rings. The zero-order chi connectivity index (χ0) is 5.54. The lowest BCUT2D eigenvalue weighted by Gasteiger charge is -1.92. The third kappa shape index (κ3) is 6.86. The average Bonchev–Trinajstić information content (AvgIpc) is 1.69. The van der Waals surface area contributed by atoms with Gasteiger partial charge in [0, 0.05) is 0 Å². The summed E-state index contributed by atoms with van der Waals surface area (Å²) in [5.74, 6) is 1.49. The predicted molar refractivity (Wildman–Crippen MR) is 42.6 cm³/mol. The van der Waals surface area contributed by atoms with Crippen molar-refractivity contribution in [1.82, 2.24) is 0 Å². The Kier molecular flexibility index (Phi) is 7.70. The second-order valence-corrected chi connectivity index (χ2v) is 5.21. The van der Waals surface area contributed by atoms with Crippen LogP contribution in [0.5, 0.6) is 0 Å². The SMILES string of the molecule is CCPCPCC. The van der Waals surface area contributed by atoms with Crippen LogP contribution in [-0.2, 0) is 0 Å². The van der Waals surface area contributed by atoms with Gasteiger partial charge >= 0.3 is 0 Å². The number of rotatable bonds is 4. The Morgan fingerprint density at radius 1 is 1.00 bits per heavy atom. The van der Waals surface area contributed by atoms with Crippen molar-refractivity contribution in [3.8, 4) is 0 Å². The highest BCUT2D eigenvalue weighted by Crippen LogP contribution is 2.21. The molecular weight excluding hydrogens is 122 g/mol. The van der Waals surface area contributed by atoms with E-state index in [1.165, 1.54) is 35.4 Å². The highest BCUT2D eigenvalue weighted by atomic mass is 31.1. The minimum Gasteiger partial charge on any atom is -0.118 e. The van der Waals surface area contributed by atoms with Gasteiger partial charge in [0.2, 0.25) is 0 Å². The lowest BCUT2D eigenvalue weighted by Crippen LogP contribution is -1.65. The van der Waals surface area contributed by atoms with Gasteiger partial charge in [-0.1, -0.05) is 13.8 Å². The molecule has 0 saturated carbocycles. The zero-order valence-electron chi connectivity index (χ0n) is 5.12. The third-order valence-corrected chi connectivity index (χ3v) is 3.75. The fourth-order valence-corrected chi connectivity index (χ4v) is 3.05. The van der Waals surface area contributed by atoms with E-state index < -0.39 is 0 Å². The van der Waals surface area contributed by atoms with Gasteiger partial charge in [-0.15, -0.1) is 17.2 Å². The van der Waals surface area contributed by atoms with E-state index in [0.717, 1.165) is 0 Å². The van der Waals surface area contributed by atoms with Gasteiger partial charge < -0.3 is 0 Å². The molecule has 0 aromatic heterocycles. The summed E-state index contributed by atoms with van der Waals surface area (Å²) in [7, 11) is 2.47. The van der Waals surface area contributed by atoms with E-state index in [1.807, 2.05) is 0 Å². The van der Waals surface area contributed by atoms with E-state index >= 15 is 0 Å². The Balaban J connectivity index is 2.45. The van der Waals surface area contributed by atoms with E-state index in [-0.39, 0.29) is 0 Å². The molecular formula is C5H14P2. The molecule has 0 radical (unpaired) electrons. The molecule has 0 aliphatic heterocycles. The minimum absolute atomic E-state index is 1.23. The van der Waals surface area contributed by atoms with Crippen LogP contribution in [0.2, 0.25) is 0 Å². The molecule has 0 saturated heterocycles. The van der Waals surface area contributed by atoms with E-state index in [4.69, 9.17) is 0 Å². The summed E-state index contributed by atoms with van der Waals surface area (Å²) in [5.41, 5.74) is 0. The summed E-state index contributed by atoms with van der Waals surface area (Å²) in [6.07, 6.45) is 2.79. The minimum atomic E-state index is 1.23. The van der Waals surface area contributed by atoms with Crippen LogP contribution in [0.3, 0.4) is 0 Å². The fourth-order valence-electron chi connectivity index (χ4n) is 0.338. The largest absolute Gasteiger partial charge is 0.118 e. The second-order valence-electron chi connectivity index (χ2n) is 1.38. The maximum absolute atomic E-state index is 2.26. The Bertz CT molecular complexity index is 25.3. The highest BCUT2D eigenvalue weighted by molar-refractivity contribution is 7.56. The standard InChI is InChI=1S/C5H14P2/c1-3-6-5-7-4-2/h6-7H,3-5H2,1-2H3. The van der Waals surface area contributed by atoms with Gasteiger partial charge in [-0.05, 0) is 18.2 Å². The van der Waals surface area contributed by atoms with E-state index in [9.17, 15) is 0 Å². The van der Waals surface area contributed by atoms with Crippen molar-refractivity contribution in [2.24, 2.45) is 0 Å². The number of hydrogen-bond donors (Lipinski definition) is 0. The molecule has 2 heteroatoms. The van der Waals surface area contributed by atoms with Gasteiger partial charge in [0.1, 0.15) is 0 Å². The Morgan fingerprint density at radius 2 is 1.43 bits per heavy atom. The van der Waals surface area contributed by atoms with E-state index in [2.05, 4.69) is 13.8 Å². The molecule has 0 nitrogen and oxygen atoms in total. The summed E-state index contributed by atoms with van der Waals surface area (Å²) in [6, 6.07) is 0.